The summed E-state index contributed by atoms with van der Waals surface area (Å²) in [5, 5.41) is 5.41. The lowest BCUT2D eigenvalue weighted by Gasteiger charge is -2.06. The molecular formula is C8H12F2N4. The zero-order valence-electron chi connectivity index (χ0n) is 7.80. The predicted molar refractivity (Wildman–Crippen MR) is 50.7 cm³/mol. The van der Waals surface area contributed by atoms with Gasteiger partial charge in [0.05, 0.1) is 18.9 Å². The average Bonchev–Trinajstić information content (AvgIpc) is 2.16. The molecule has 0 saturated heterocycles. The molecule has 78 valence electrons. The van der Waals surface area contributed by atoms with Gasteiger partial charge in [0.25, 0.3) is 6.43 Å². The molecule has 0 aliphatic carbocycles. The summed E-state index contributed by atoms with van der Waals surface area (Å²) in [7, 11) is 0. The summed E-state index contributed by atoms with van der Waals surface area (Å²) >= 11 is 0. The molecule has 0 aliphatic rings. The van der Waals surface area contributed by atoms with Crippen LogP contribution in [0.25, 0.3) is 0 Å². The molecule has 0 spiro atoms. The maximum Gasteiger partial charge on any atom is 0.255 e. The van der Waals surface area contributed by atoms with Crippen LogP contribution in [0, 0.1) is 0 Å². The number of hydrogen-bond donors (Lipinski definition) is 2. The standard InChI is InChI=1S/C8H12F2N4/c1-2-12-7-4-11-5-8(14-7)13-3-6(9)10/h4-6H,2-3H2,1H3,(H2,12,13,14). The summed E-state index contributed by atoms with van der Waals surface area (Å²) in [6, 6.07) is 0. The Bertz CT molecular complexity index is 280. The first kappa shape index (κ1) is 10.6. The van der Waals surface area contributed by atoms with Crippen molar-refractivity contribution < 1.29 is 8.78 Å². The van der Waals surface area contributed by atoms with Crippen molar-refractivity contribution in [3.8, 4) is 0 Å². The van der Waals surface area contributed by atoms with Gasteiger partial charge in [0.2, 0.25) is 0 Å². The van der Waals surface area contributed by atoms with Gasteiger partial charge in [0, 0.05) is 6.54 Å². The van der Waals surface area contributed by atoms with Crippen LogP contribution >= 0.6 is 0 Å². The first-order chi connectivity index (χ1) is 6.72. The van der Waals surface area contributed by atoms with E-state index in [0.717, 1.165) is 0 Å². The lowest BCUT2D eigenvalue weighted by molar-refractivity contribution is 0.163. The molecular weight excluding hydrogens is 190 g/mol. The van der Waals surface area contributed by atoms with Crippen LogP contribution in [-0.4, -0.2) is 29.5 Å². The van der Waals surface area contributed by atoms with Crippen LogP contribution in [0.2, 0.25) is 0 Å². The highest BCUT2D eigenvalue weighted by molar-refractivity contribution is 5.41. The number of hydrogen-bond acceptors (Lipinski definition) is 4. The summed E-state index contributed by atoms with van der Waals surface area (Å²) < 4.78 is 23.7. The lowest BCUT2D eigenvalue weighted by atomic mass is 10.5. The fourth-order valence-electron chi connectivity index (χ4n) is 0.899. The number of nitrogens with zero attached hydrogens (tertiary/aromatic N) is 2. The van der Waals surface area contributed by atoms with Crippen molar-refractivity contribution in [2.24, 2.45) is 0 Å². The molecule has 1 rings (SSSR count). The lowest BCUT2D eigenvalue weighted by Crippen LogP contribution is -2.12. The molecule has 0 bridgehead atoms. The highest BCUT2D eigenvalue weighted by Crippen LogP contribution is 2.06. The first-order valence-electron chi connectivity index (χ1n) is 4.30. The van der Waals surface area contributed by atoms with Gasteiger partial charge in [-0.2, -0.15) is 0 Å². The quantitative estimate of drug-likeness (QED) is 0.761. The predicted octanol–water partition coefficient (Wildman–Crippen LogP) is 1.59. The van der Waals surface area contributed by atoms with E-state index in [-0.39, 0.29) is 0 Å². The summed E-state index contributed by atoms with van der Waals surface area (Å²) in [6.45, 7) is 2.22. The molecule has 0 aromatic carbocycles. The van der Waals surface area contributed by atoms with Crippen LogP contribution in [0.4, 0.5) is 20.4 Å². The molecule has 1 aromatic rings. The number of anilines is 2. The van der Waals surface area contributed by atoms with Crippen LogP contribution < -0.4 is 10.6 Å². The molecule has 0 aliphatic heterocycles. The molecule has 0 saturated carbocycles. The van der Waals surface area contributed by atoms with Crippen molar-refractivity contribution in [3.63, 3.8) is 0 Å². The maximum atomic E-state index is 11.8. The van der Waals surface area contributed by atoms with Gasteiger partial charge in [-0.3, -0.25) is 4.98 Å². The Morgan fingerprint density at radius 3 is 2.50 bits per heavy atom. The molecule has 0 atom stereocenters. The van der Waals surface area contributed by atoms with E-state index in [4.69, 9.17) is 0 Å². The Balaban J connectivity index is 2.54. The highest BCUT2D eigenvalue weighted by atomic mass is 19.3. The molecule has 4 nitrogen and oxygen atoms in total. The minimum Gasteiger partial charge on any atom is -0.369 e. The molecule has 6 heteroatoms. The number of halogens is 2. The summed E-state index contributed by atoms with van der Waals surface area (Å²) in [5.41, 5.74) is 0. The number of alkyl halides is 2. The third-order valence-corrected chi connectivity index (χ3v) is 1.43. The van der Waals surface area contributed by atoms with Gasteiger partial charge < -0.3 is 10.6 Å². The van der Waals surface area contributed by atoms with E-state index in [1.165, 1.54) is 12.4 Å². The molecule has 0 amide bonds. The largest absolute Gasteiger partial charge is 0.369 e. The van der Waals surface area contributed by atoms with Gasteiger partial charge in [0.15, 0.2) is 0 Å². The molecule has 14 heavy (non-hydrogen) atoms. The first-order valence-corrected chi connectivity index (χ1v) is 4.30. The van der Waals surface area contributed by atoms with Crippen molar-refractivity contribution in [3.05, 3.63) is 12.4 Å². The Morgan fingerprint density at radius 1 is 1.29 bits per heavy atom. The van der Waals surface area contributed by atoms with Crippen LogP contribution in [-0.2, 0) is 0 Å². The van der Waals surface area contributed by atoms with Gasteiger partial charge in [-0.1, -0.05) is 0 Å². The van der Waals surface area contributed by atoms with E-state index in [2.05, 4.69) is 20.6 Å². The van der Waals surface area contributed by atoms with Gasteiger partial charge in [0.1, 0.15) is 11.6 Å². The SMILES string of the molecule is CCNc1cncc(NCC(F)F)n1. The number of rotatable bonds is 5. The number of nitrogens with one attached hydrogen (secondary N) is 2. The molecule has 1 aromatic heterocycles. The van der Waals surface area contributed by atoms with E-state index in [0.29, 0.717) is 18.2 Å². The molecule has 1 heterocycles. The zero-order valence-corrected chi connectivity index (χ0v) is 7.80. The minimum atomic E-state index is -2.39. The van der Waals surface area contributed by atoms with Crippen molar-refractivity contribution in [1.29, 1.82) is 0 Å². The summed E-state index contributed by atoms with van der Waals surface area (Å²) in [4.78, 5) is 7.87. The second-order valence-electron chi connectivity index (χ2n) is 2.59. The minimum absolute atomic E-state index is 0.351. The monoisotopic (exact) mass is 202 g/mol. The third-order valence-electron chi connectivity index (χ3n) is 1.43. The van der Waals surface area contributed by atoms with E-state index in [9.17, 15) is 8.78 Å². The third kappa shape index (κ3) is 3.51. The van der Waals surface area contributed by atoms with Gasteiger partial charge in [-0.15, -0.1) is 0 Å². The second kappa shape index (κ2) is 5.31. The maximum absolute atomic E-state index is 11.8. The zero-order chi connectivity index (χ0) is 10.4. The van der Waals surface area contributed by atoms with Gasteiger partial charge in [-0.25, -0.2) is 13.8 Å². The highest BCUT2D eigenvalue weighted by Gasteiger charge is 2.02. The summed E-state index contributed by atoms with van der Waals surface area (Å²) in [5.74, 6) is 0.926. The summed E-state index contributed by atoms with van der Waals surface area (Å²) in [6.07, 6.45) is 0.555. The van der Waals surface area contributed by atoms with Gasteiger partial charge in [-0.05, 0) is 6.92 Å². The second-order valence-corrected chi connectivity index (χ2v) is 2.59. The Hall–Kier alpha value is -1.46. The van der Waals surface area contributed by atoms with Crippen molar-refractivity contribution in [2.75, 3.05) is 23.7 Å². The topological polar surface area (TPSA) is 49.8 Å². The van der Waals surface area contributed by atoms with Crippen LogP contribution in [0.1, 0.15) is 6.92 Å². The van der Waals surface area contributed by atoms with Crippen molar-refractivity contribution in [1.82, 2.24) is 9.97 Å². The van der Waals surface area contributed by atoms with Crippen LogP contribution in [0.15, 0.2) is 12.4 Å². The normalized spacial score (nSPS) is 10.3. The number of aromatic nitrogens is 2. The van der Waals surface area contributed by atoms with Gasteiger partial charge >= 0.3 is 0 Å². The van der Waals surface area contributed by atoms with Crippen molar-refractivity contribution in [2.45, 2.75) is 13.3 Å². The van der Waals surface area contributed by atoms with Crippen molar-refractivity contribution >= 4 is 11.6 Å². The fourth-order valence-corrected chi connectivity index (χ4v) is 0.899. The van der Waals surface area contributed by atoms with Crippen LogP contribution in [0.5, 0.6) is 0 Å². The van der Waals surface area contributed by atoms with E-state index < -0.39 is 13.0 Å². The van der Waals surface area contributed by atoms with Crippen LogP contribution in [0.3, 0.4) is 0 Å². The Kier molecular flexibility index (Phi) is 4.03. The van der Waals surface area contributed by atoms with E-state index in [1.54, 1.807) is 0 Å². The Labute approximate surface area is 80.8 Å². The molecule has 0 fully saturated rings. The fraction of sp³-hybridized carbons (Fsp3) is 0.500. The average molecular weight is 202 g/mol. The smallest absolute Gasteiger partial charge is 0.255 e. The van der Waals surface area contributed by atoms with E-state index in [1.807, 2.05) is 6.92 Å². The molecule has 0 radical (unpaired) electrons. The molecule has 2 N–H and O–H groups in total. The Morgan fingerprint density at radius 2 is 1.93 bits per heavy atom. The van der Waals surface area contributed by atoms with E-state index >= 15 is 0 Å². The molecule has 0 unspecified atom stereocenters.